The molecule has 21 heavy (non-hydrogen) atoms. The van der Waals surface area contributed by atoms with Gasteiger partial charge in [0, 0.05) is 6.54 Å². The topological polar surface area (TPSA) is 29.5 Å². The van der Waals surface area contributed by atoms with E-state index in [4.69, 9.17) is 4.74 Å². The van der Waals surface area contributed by atoms with E-state index in [2.05, 4.69) is 11.8 Å². The van der Waals surface area contributed by atoms with Crippen molar-refractivity contribution in [3.63, 3.8) is 0 Å². The summed E-state index contributed by atoms with van der Waals surface area (Å²) in [7, 11) is 0. The molecule has 4 fully saturated rings. The average molecular weight is 293 g/mol. The van der Waals surface area contributed by atoms with Gasteiger partial charge in [-0.25, -0.2) is 0 Å². The Morgan fingerprint density at radius 2 is 1.67 bits per heavy atom. The molecule has 0 atom stereocenters. The fraction of sp³-hybridized carbons (Fsp3) is 0.944. The van der Waals surface area contributed by atoms with Gasteiger partial charge in [0.1, 0.15) is 0 Å². The summed E-state index contributed by atoms with van der Waals surface area (Å²) in [6, 6.07) is 0. The monoisotopic (exact) mass is 293 g/mol. The summed E-state index contributed by atoms with van der Waals surface area (Å²) in [6.07, 6.45) is 9.85. The van der Waals surface area contributed by atoms with Gasteiger partial charge in [0.2, 0.25) is 0 Å². The molecule has 0 aromatic carbocycles. The third-order valence-corrected chi connectivity index (χ3v) is 5.92. The van der Waals surface area contributed by atoms with Gasteiger partial charge in [0.15, 0.2) is 0 Å². The highest BCUT2D eigenvalue weighted by Gasteiger charge is 2.51. The molecule has 3 heteroatoms. The lowest BCUT2D eigenvalue weighted by Crippen LogP contribution is -2.52. The first-order valence-corrected chi connectivity index (χ1v) is 9.00. The first-order chi connectivity index (χ1) is 10.1. The fourth-order valence-corrected chi connectivity index (χ4v) is 5.88. The minimum absolute atomic E-state index is 0.0457. The smallest absolute Gasteiger partial charge is 0.320 e. The van der Waals surface area contributed by atoms with E-state index in [1.54, 1.807) is 0 Å². The van der Waals surface area contributed by atoms with E-state index in [1.165, 1.54) is 38.5 Å². The van der Waals surface area contributed by atoms with Crippen LogP contribution in [-0.4, -0.2) is 37.1 Å². The van der Waals surface area contributed by atoms with Crippen LogP contribution in [0.15, 0.2) is 0 Å². The van der Waals surface area contributed by atoms with E-state index in [0.29, 0.717) is 18.6 Å². The minimum atomic E-state index is -0.0457. The van der Waals surface area contributed by atoms with Gasteiger partial charge < -0.3 is 4.74 Å². The summed E-state index contributed by atoms with van der Waals surface area (Å²) in [5.41, 5.74) is 0.524. The molecule has 3 nitrogen and oxygen atoms in total. The first-order valence-electron chi connectivity index (χ1n) is 9.00. The van der Waals surface area contributed by atoms with Crippen molar-refractivity contribution in [3.05, 3.63) is 0 Å². The van der Waals surface area contributed by atoms with Crippen LogP contribution >= 0.6 is 0 Å². The van der Waals surface area contributed by atoms with Crippen molar-refractivity contribution >= 4 is 5.97 Å². The number of esters is 1. The Balaban J connectivity index is 1.63. The lowest BCUT2D eigenvalue weighted by Gasteiger charge is -2.58. The molecule has 0 unspecified atom stereocenters. The molecule has 4 rings (SSSR count). The zero-order valence-electron chi connectivity index (χ0n) is 13.8. The van der Waals surface area contributed by atoms with Crippen molar-refractivity contribution in [2.24, 2.45) is 23.2 Å². The molecule has 120 valence electrons. The quantitative estimate of drug-likeness (QED) is 0.673. The highest BCUT2D eigenvalue weighted by Crippen LogP contribution is 2.60. The summed E-state index contributed by atoms with van der Waals surface area (Å²) in [4.78, 5) is 14.2. The molecule has 0 heterocycles. The predicted molar refractivity (Wildman–Crippen MR) is 84.0 cm³/mol. The number of nitrogens with zero attached hydrogens (tertiary/aromatic N) is 1. The Morgan fingerprint density at radius 3 is 2.14 bits per heavy atom. The Morgan fingerprint density at radius 1 is 1.10 bits per heavy atom. The zero-order chi connectivity index (χ0) is 14.9. The summed E-state index contributed by atoms with van der Waals surface area (Å²) in [5.74, 6) is 2.92. The molecular formula is C18H31NO2. The molecule has 4 aliphatic rings. The van der Waals surface area contributed by atoms with Gasteiger partial charge in [-0.05, 0) is 81.6 Å². The van der Waals surface area contributed by atoms with Gasteiger partial charge in [-0.2, -0.15) is 0 Å². The second kappa shape index (κ2) is 6.28. The highest BCUT2D eigenvalue weighted by atomic mass is 16.5. The van der Waals surface area contributed by atoms with Gasteiger partial charge in [0.05, 0.1) is 13.2 Å². The minimum Gasteiger partial charge on any atom is -0.465 e. The van der Waals surface area contributed by atoms with Crippen LogP contribution in [0.5, 0.6) is 0 Å². The zero-order valence-corrected chi connectivity index (χ0v) is 13.8. The number of ether oxygens (including phenoxy) is 1. The van der Waals surface area contributed by atoms with Crippen molar-refractivity contribution in [1.82, 2.24) is 4.90 Å². The van der Waals surface area contributed by atoms with Crippen LogP contribution in [0, 0.1) is 23.2 Å². The predicted octanol–water partition coefficient (Wildman–Crippen LogP) is 3.48. The van der Waals surface area contributed by atoms with Gasteiger partial charge in [-0.15, -0.1) is 0 Å². The molecule has 0 spiro atoms. The maximum atomic E-state index is 11.9. The fourth-order valence-electron chi connectivity index (χ4n) is 5.88. The van der Waals surface area contributed by atoms with Gasteiger partial charge >= 0.3 is 5.97 Å². The van der Waals surface area contributed by atoms with E-state index in [0.717, 1.165) is 37.3 Å². The number of carbonyl (C=O) groups excluding carboxylic acids is 1. The average Bonchev–Trinajstić information content (AvgIpc) is 2.36. The SMILES string of the molecule is CCCN(CC(=O)OCC)CC12CC3CC(CC(C3)C1)C2. The van der Waals surface area contributed by atoms with E-state index in [9.17, 15) is 4.79 Å². The van der Waals surface area contributed by atoms with Crippen LogP contribution in [-0.2, 0) is 9.53 Å². The summed E-state index contributed by atoms with van der Waals surface area (Å²) < 4.78 is 5.16. The summed E-state index contributed by atoms with van der Waals surface area (Å²) in [5, 5.41) is 0. The molecular weight excluding hydrogens is 262 g/mol. The number of hydrogen-bond acceptors (Lipinski definition) is 3. The summed E-state index contributed by atoms with van der Waals surface area (Å²) in [6.45, 7) is 7.24. The van der Waals surface area contributed by atoms with Crippen molar-refractivity contribution in [2.75, 3.05) is 26.2 Å². The van der Waals surface area contributed by atoms with Gasteiger partial charge in [0.25, 0.3) is 0 Å². The third-order valence-electron chi connectivity index (χ3n) is 5.92. The molecule has 0 radical (unpaired) electrons. The first kappa shape index (κ1) is 15.3. The Kier molecular flexibility index (Phi) is 4.58. The van der Waals surface area contributed by atoms with Crippen LogP contribution < -0.4 is 0 Å². The van der Waals surface area contributed by atoms with E-state index < -0.39 is 0 Å². The lowest BCUT2D eigenvalue weighted by atomic mass is 9.49. The van der Waals surface area contributed by atoms with Gasteiger partial charge in [-0.1, -0.05) is 6.92 Å². The molecule has 0 aromatic heterocycles. The second-order valence-corrected chi connectivity index (χ2v) is 7.93. The molecule has 4 aliphatic carbocycles. The molecule has 4 bridgehead atoms. The largest absolute Gasteiger partial charge is 0.465 e. The molecule has 0 N–H and O–H groups in total. The van der Waals surface area contributed by atoms with Crippen LogP contribution in [0.3, 0.4) is 0 Å². The molecule has 0 aliphatic heterocycles. The highest BCUT2D eigenvalue weighted by molar-refractivity contribution is 5.71. The Labute approximate surface area is 129 Å². The Bertz CT molecular complexity index is 344. The normalized spacial score (nSPS) is 37.2. The standard InChI is InChI=1S/C18H31NO2/c1-3-5-19(12-17(20)21-4-2)13-18-9-14-6-15(10-18)8-16(7-14)11-18/h14-16H,3-13H2,1-2H3. The van der Waals surface area contributed by atoms with Crippen LogP contribution in [0.4, 0.5) is 0 Å². The van der Waals surface area contributed by atoms with Crippen molar-refractivity contribution < 1.29 is 9.53 Å². The molecule has 0 saturated heterocycles. The third kappa shape index (κ3) is 3.44. The molecule has 0 amide bonds. The molecule has 0 aromatic rings. The summed E-state index contributed by atoms with van der Waals surface area (Å²) >= 11 is 0. The molecule has 4 saturated carbocycles. The van der Waals surface area contributed by atoms with Crippen LogP contribution in [0.25, 0.3) is 0 Å². The van der Waals surface area contributed by atoms with Crippen molar-refractivity contribution in [1.29, 1.82) is 0 Å². The maximum Gasteiger partial charge on any atom is 0.320 e. The lowest BCUT2D eigenvalue weighted by molar-refractivity contribution is -0.145. The van der Waals surface area contributed by atoms with E-state index >= 15 is 0 Å². The maximum absolute atomic E-state index is 11.9. The van der Waals surface area contributed by atoms with E-state index in [1.807, 2.05) is 6.92 Å². The van der Waals surface area contributed by atoms with E-state index in [-0.39, 0.29) is 5.97 Å². The van der Waals surface area contributed by atoms with Crippen molar-refractivity contribution in [3.8, 4) is 0 Å². The van der Waals surface area contributed by atoms with Crippen LogP contribution in [0.2, 0.25) is 0 Å². The number of hydrogen-bond donors (Lipinski definition) is 0. The Hall–Kier alpha value is -0.570. The second-order valence-electron chi connectivity index (χ2n) is 7.93. The van der Waals surface area contributed by atoms with Crippen molar-refractivity contribution in [2.45, 2.75) is 58.8 Å². The van der Waals surface area contributed by atoms with Gasteiger partial charge in [-0.3, -0.25) is 9.69 Å². The number of rotatable bonds is 7. The van der Waals surface area contributed by atoms with Crippen LogP contribution in [0.1, 0.15) is 58.8 Å². The number of carbonyl (C=O) groups is 1.